The molecular weight excluding hydrogens is 293 g/mol. The first kappa shape index (κ1) is 15.9. The van der Waals surface area contributed by atoms with Gasteiger partial charge in [-0.3, -0.25) is 0 Å². The van der Waals surface area contributed by atoms with E-state index in [9.17, 15) is 4.39 Å². The van der Waals surface area contributed by atoms with E-state index in [-0.39, 0.29) is 11.9 Å². The maximum absolute atomic E-state index is 14.5. The van der Waals surface area contributed by atoms with Crippen molar-refractivity contribution in [2.24, 2.45) is 0 Å². The van der Waals surface area contributed by atoms with Crippen LogP contribution in [0.3, 0.4) is 0 Å². The highest BCUT2D eigenvalue weighted by molar-refractivity contribution is 5.44. The van der Waals surface area contributed by atoms with Gasteiger partial charge in [-0.1, -0.05) is 12.1 Å². The first-order valence-electron chi connectivity index (χ1n) is 7.97. The normalized spacial score (nSPS) is 18.8. The van der Waals surface area contributed by atoms with E-state index in [1.165, 1.54) is 0 Å². The molecule has 0 N–H and O–H groups in total. The first-order chi connectivity index (χ1) is 11.0. The van der Waals surface area contributed by atoms with Gasteiger partial charge in [0.05, 0.1) is 12.6 Å². The zero-order chi connectivity index (χ0) is 16.4. The summed E-state index contributed by atoms with van der Waals surface area (Å²) in [5.74, 6) is 1.38. The molecule has 0 unspecified atom stereocenters. The fraction of sp³-hybridized carbons (Fsp3) is 0.444. The fourth-order valence-corrected chi connectivity index (χ4v) is 3.06. The lowest BCUT2D eigenvalue weighted by Gasteiger charge is -2.31. The highest BCUT2D eigenvalue weighted by atomic mass is 19.1. The smallest absolute Gasteiger partial charge is 0.133 e. The number of aryl methyl sites for hydroxylation is 3. The second kappa shape index (κ2) is 6.62. The summed E-state index contributed by atoms with van der Waals surface area (Å²) in [6.07, 6.45) is 0.895. The Morgan fingerprint density at radius 3 is 2.74 bits per heavy atom. The van der Waals surface area contributed by atoms with Gasteiger partial charge < -0.3 is 9.64 Å². The highest BCUT2D eigenvalue weighted by Crippen LogP contribution is 2.30. The molecule has 5 heteroatoms. The first-order valence-corrected chi connectivity index (χ1v) is 7.97. The van der Waals surface area contributed by atoms with Crippen LogP contribution in [-0.2, 0) is 4.74 Å². The molecule has 1 aliphatic heterocycles. The van der Waals surface area contributed by atoms with Crippen molar-refractivity contribution in [3.05, 3.63) is 52.7 Å². The molecule has 2 aromatic rings. The van der Waals surface area contributed by atoms with Gasteiger partial charge in [-0.2, -0.15) is 0 Å². The zero-order valence-electron chi connectivity index (χ0n) is 13.8. The average molecular weight is 315 g/mol. The van der Waals surface area contributed by atoms with Crippen LogP contribution in [-0.4, -0.2) is 29.7 Å². The topological polar surface area (TPSA) is 38.2 Å². The number of hydrogen-bond acceptors (Lipinski definition) is 4. The lowest BCUT2D eigenvalue weighted by Crippen LogP contribution is -2.32. The lowest BCUT2D eigenvalue weighted by molar-refractivity contribution is 0.133. The number of ether oxygens (including phenoxy) is 1. The van der Waals surface area contributed by atoms with Crippen LogP contribution in [0.4, 0.5) is 10.2 Å². The van der Waals surface area contributed by atoms with Crippen molar-refractivity contribution >= 4 is 5.82 Å². The second-order valence-corrected chi connectivity index (χ2v) is 6.08. The van der Waals surface area contributed by atoms with Crippen LogP contribution in [0, 0.1) is 26.6 Å². The Morgan fingerprint density at radius 1 is 1.17 bits per heavy atom. The van der Waals surface area contributed by atoms with Crippen molar-refractivity contribution in [3.63, 3.8) is 0 Å². The second-order valence-electron chi connectivity index (χ2n) is 6.08. The molecule has 4 nitrogen and oxygen atoms in total. The van der Waals surface area contributed by atoms with Gasteiger partial charge in [-0.25, -0.2) is 14.4 Å². The molecule has 3 rings (SSSR count). The largest absolute Gasteiger partial charge is 0.379 e. The molecule has 23 heavy (non-hydrogen) atoms. The van der Waals surface area contributed by atoms with Crippen molar-refractivity contribution in [2.75, 3.05) is 24.7 Å². The summed E-state index contributed by atoms with van der Waals surface area (Å²) in [4.78, 5) is 11.0. The number of hydrogen-bond donors (Lipinski definition) is 0. The van der Waals surface area contributed by atoms with Crippen LogP contribution >= 0.6 is 0 Å². The average Bonchev–Trinajstić information content (AvgIpc) is 2.72. The third-order valence-electron chi connectivity index (χ3n) is 4.10. The number of anilines is 1. The highest BCUT2D eigenvalue weighted by Gasteiger charge is 2.27. The van der Waals surface area contributed by atoms with E-state index < -0.39 is 0 Å². The summed E-state index contributed by atoms with van der Waals surface area (Å²) in [5, 5.41) is 0. The van der Waals surface area contributed by atoms with Crippen molar-refractivity contribution < 1.29 is 9.13 Å². The SMILES string of the molecule is Cc1ccc([C@H]2COCCCN2c2cc(C)nc(C)n2)c(F)c1. The maximum Gasteiger partial charge on any atom is 0.133 e. The van der Waals surface area contributed by atoms with E-state index in [1.54, 1.807) is 6.07 Å². The summed E-state index contributed by atoms with van der Waals surface area (Å²) in [6, 6.07) is 7.16. The molecule has 0 bridgehead atoms. The molecule has 1 aromatic carbocycles. The number of rotatable bonds is 2. The lowest BCUT2D eigenvalue weighted by atomic mass is 10.0. The molecule has 0 amide bonds. The molecule has 1 saturated heterocycles. The van der Waals surface area contributed by atoms with Crippen LogP contribution in [0.1, 0.15) is 35.1 Å². The molecule has 1 aliphatic rings. The minimum absolute atomic E-state index is 0.174. The number of benzene rings is 1. The van der Waals surface area contributed by atoms with Crippen molar-refractivity contribution in [1.29, 1.82) is 0 Å². The van der Waals surface area contributed by atoms with Gasteiger partial charge >= 0.3 is 0 Å². The summed E-state index contributed by atoms with van der Waals surface area (Å²) in [7, 11) is 0. The molecule has 0 spiro atoms. The van der Waals surface area contributed by atoms with E-state index >= 15 is 0 Å². The Balaban J connectivity index is 2.03. The summed E-state index contributed by atoms with van der Waals surface area (Å²) in [5.41, 5.74) is 2.49. The van der Waals surface area contributed by atoms with E-state index in [0.717, 1.165) is 35.9 Å². The molecule has 0 saturated carbocycles. The van der Waals surface area contributed by atoms with Gasteiger partial charge in [0.15, 0.2) is 0 Å². The minimum Gasteiger partial charge on any atom is -0.379 e. The summed E-state index contributed by atoms with van der Waals surface area (Å²) >= 11 is 0. The van der Waals surface area contributed by atoms with E-state index in [2.05, 4.69) is 14.9 Å². The van der Waals surface area contributed by atoms with E-state index in [1.807, 2.05) is 39.0 Å². The van der Waals surface area contributed by atoms with Crippen molar-refractivity contribution in [1.82, 2.24) is 9.97 Å². The number of aromatic nitrogens is 2. The van der Waals surface area contributed by atoms with Crippen LogP contribution in [0.2, 0.25) is 0 Å². The minimum atomic E-state index is -0.187. The Morgan fingerprint density at radius 2 is 2.00 bits per heavy atom. The monoisotopic (exact) mass is 315 g/mol. The Kier molecular flexibility index (Phi) is 4.57. The number of halogens is 1. The predicted octanol–water partition coefficient (Wildman–Crippen LogP) is 3.51. The Bertz CT molecular complexity index is 684. The molecule has 2 heterocycles. The van der Waals surface area contributed by atoms with E-state index in [4.69, 9.17) is 4.74 Å². The van der Waals surface area contributed by atoms with Crippen LogP contribution < -0.4 is 4.90 Å². The third kappa shape index (κ3) is 3.50. The van der Waals surface area contributed by atoms with Crippen LogP contribution in [0.25, 0.3) is 0 Å². The fourth-order valence-electron chi connectivity index (χ4n) is 3.06. The van der Waals surface area contributed by atoms with Gasteiger partial charge in [0.1, 0.15) is 17.5 Å². The molecule has 1 atom stereocenters. The summed E-state index contributed by atoms with van der Waals surface area (Å²) in [6.45, 7) is 7.66. The standard InChI is InChI=1S/C18H22FN3O/c1-12-5-6-15(16(19)9-12)17-11-23-8-4-7-22(17)18-10-13(2)20-14(3)21-18/h5-6,9-10,17H,4,7-8,11H2,1-3H3/t17-/m1/s1. The van der Waals surface area contributed by atoms with Gasteiger partial charge in [-0.05, 0) is 38.8 Å². The van der Waals surface area contributed by atoms with Crippen LogP contribution in [0.15, 0.2) is 24.3 Å². The molecule has 0 radical (unpaired) electrons. The Hall–Kier alpha value is -2.01. The van der Waals surface area contributed by atoms with Gasteiger partial charge in [0.25, 0.3) is 0 Å². The van der Waals surface area contributed by atoms with Gasteiger partial charge in [0.2, 0.25) is 0 Å². The molecule has 1 fully saturated rings. The third-order valence-corrected chi connectivity index (χ3v) is 4.10. The quantitative estimate of drug-likeness (QED) is 0.850. The molecular formula is C18H22FN3O. The van der Waals surface area contributed by atoms with Crippen molar-refractivity contribution in [3.8, 4) is 0 Å². The van der Waals surface area contributed by atoms with E-state index in [0.29, 0.717) is 18.8 Å². The zero-order valence-corrected chi connectivity index (χ0v) is 13.8. The molecule has 122 valence electrons. The maximum atomic E-state index is 14.5. The summed E-state index contributed by atoms with van der Waals surface area (Å²) < 4.78 is 20.2. The van der Waals surface area contributed by atoms with Crippen molar-refractivity contribution in [2.45, 2.75) is 33.2 Å². The molecule has 0 aliphatic carbocycles. The molecule has 1 aromatic heterocycles. The predicted molar refractivity (Wildman–Crippen MR) is 88.2 cm³/mol. The van der Waals surface area contributed by atoms with Crippen LogP contribution in [0.5, 0.6) is 0 Å². The van der Waals surface area contributed by atoms with Gasteiger partial charge in [0, 0.05) is 30.5 Å². The van der Waals surface area contributed by atoms with Gasteiger partial charge in [-0.15, -0.1) is 0 Å². The number of nitrogens with zero attached hydrogens (tertiary/aromatic N) is 3. The Labute approximate surface area is 136 Å².